The van der Waals surface area contributed by atoms with E-state index in [2.05, 4.69) is 4.74 Å². The molecule has 0 bridgehead atoms. The zero-order valence-corrected chi connectivity index (χ0v) is 11.6. The molecule has 0 unspecified atom stereocenters. The van der Waals surface area contributed by atoms with Crippen molar-refractivity contribution in [2.75, 3.05) is 25.7 Å². The summed E-state index contributed by atoms with van der Waals surface area (Å²) in [7, 11) is 2.59. The number of hydrogen-bond donors (Lipinski definition) is 0. The average Bonchev–Trinajstić information content (AvgIpc) is 2.87. The second-order valence-electron chi connectivity index (χ2n) is 4.54. The molecule has 1 saturated heterocycles. The SMILES string of the molecule is COC(=O)[C@@H]1CC(=O)N(c2ccc(OC)c([N+](=O)[O-])c2)C1. The van der Waals surface area contributed by atoms with Gasteiger partial charge in [-0.15, -0.1) is 0 Å². The molecule has 1 aromatic rings. The number of benzene rings is 1. The molecule has 0 saturated carbocycles. The molecule has 0 spiro atoms. The first-order valence-corrected chi connectivity index (χ1v) is 6.18. The van der Waals surface area contributed by atoms with Crippen molar-refractivity contribution in [2.24, 2.45) is 5.92 Å². The van der Waals surface area contributed by atoms with Gasteiger partial charge in [0.25, 0.3) is 0 Å². The van der Waals surface area contributed by atoms with Gasteiger partial charge >= 0.3 is 11.7 Å². The molecule has 1 aliphatic rings. The number of rotatable bonds is 4. The van der Waals surface area contributed by atoms with Crippen LogP contribution in [0.3, 0.4) is 0 Å². The molecular formula is C13H14N2O6. The number of carbonyl (C=O) groups is 2. The Labute approximate surface area is 120 Å². The highest BCUT2D eigenvalue weighted by molar-refractivity contribution is 5.99. The van der Waals surface area contributed by atoms with Crippen molar-refractivity contribution in [1.29, 1.82) is 0 Å². The van der Waals surface area contributed by atoms with E-state index in [1.54, 1.807) is 6.07 Å². The number of ether oxygens (including phenoxy) is 2. The quantitative estimate of drug-likeness (QED) is 0.469. The van der Waals surface area contributed by atoms with Crippen LogP contribution in [0.1, 0.15) is 6.42 Å². The fourth-order valence-electron chi connectivity index (χ4n) is 2.27. The highest BCUT2D eigenvalue weighted by Crippen LogP contribution is 2.34. The molecule has 0 radical (unpaired) electrons. The number of nitro groups is 1. The summed E-state index contributed by atoms with van der Waals surface area (Å²) in [6, 6.07) is 4.23. The van der Waals surface area contributed by atoms with Crippen molar-refractivity contribution in [1.82, 2.24) is 0 Å². The lowest BCUT2D eigenvalue weighted by molar-refractivity contribution is -0.385. The summed E-state index contributed by atoms with van der Waals surface area (Å²) in [5.41, 5.74) is 0.128. The fraction of sp³-hybridized carbons (Fsp3) is 0.385. The molecule has 1 amide bonds. The molecule has 1 heterocycles. The number of amides is 1. The summed E-state index contributed by atoms with van der Waals surface area (Å²) in [6.45, 7) is 0.148. The third kappa shape index (κ3) is 2.78. The van der Waals surface area contributed by atoms with Crippen LogP contribution in [0.4, 0.5) is 11.4 Å². The zero-order valence-electron chi connectivity index (χ0n) is 11.6. The van der Waals surface area contributed by atoms with Crippen LogP contribution < -0.4 is 9.64 Å². The van der Waals surface area contributed by atoms with Crippen LogP contribution >= 0.6 is 0 Å². The smallest absolute Gasteiger partial charge is 0.312 e. The fourth-order valence-corrected chi connectivity index (χ4v) is 2.27. The first kappa shape index (κ1) is 14.8. The van der Waals surface area contributed by atoms with E-state index in [4.69, 9.17) is 4.74 Å². The predicted octanol–water partition coefficient (Wildman–Crippen LogP) is 1.13. The molecule has 1 fully saturated rings. The summed E-state index contributed by atoms with van der Waals surface area (Å²) in [5, 5.41) is 11.0. The molecule has 0 aliphatic carbocycles. The Hall–Kier alpha value is -2.64. The summed E-state index contributed by atoms with van der Waals surface area (Å²) in [6.07, 6.45) is 0.0342. The average molecular weight is 294 g/mol. The minimum Gasteiger partial charge on any atom is -0.490 e. The Morgan fingerprint density at radius 2 is 2.14 bits per heavy atom. The van der Waals surface area contributed by atoms with E-state index in [0.717, 1.165) is 0 Å². The van der Waals surface area contributed by atoms with Crippen LogP contribution in [0.5, 0.6) is 5.75 Å². The van der Waals surface area contributed by atoms with Crippen molar-refractivity contribution in [3.05, 3.63) is 28.3 Å². The first-order valence-electron chi connectivity index (χ1n) is 6.18. The Bertz CT molecular complexity index is 600. The Kier molecular flexibility index (Phi) is 4.06. The normalized spacial score (nSPS) is 17.7. The number of esters is 1. The third-order valence-corrected chi connectivity index (χ3v) is 3.33. The predicted molar refractivity (Wildman–Crippen MR) is 72.1 cm³/mol. The maximum Gasteiger partial charge on any atom is 0.312 e. The largest absolute Gasteiger partial charge is 0.490 e. The van der Waals surface area contributed by atoms with Crippen molar-refractivity contribution in [3.63, 3.8) is 0 Å². The van der Waals surface area contributed by atoms with E-state index in [1.807, 2.05) is 0 Å². The van der Waals surface area contributed by atoms with Gasteiger partial charge in [0.1, 0.15) is 0 Å². The number of anilines is 1. The van der Waals surface area contributed by atoms with Crippen LogP contribution in [-0.4, -0.2) is 37.6 Å². The maximum absolute atomic E-state index is 12.0. The van der Waals surface area contributed by atoms with E-state index >= 15 is 0 Å². The maximum atomic E-state index is 12.0. The monoisotopic (exact) mass is 294 g/mol. The van der Waals surface area contributed by atoms with Crippen LogP contribution in [0, 0.1) is 16.0 Å². The van der Waals surface area contributed by atoms with Crippen molar-refractivity contribution in [2.45, 2.75) is 6.42 Å². The van der Waals surface area contributed by atoms with Gasteiger partial charge in [0.2, 0.25) is 5.91 Å². The number of hydrogen-bond acceptors (Lipinski definition) is 6. The highest BCUT2D eigenvalue weighted by Gasteiger charge is 2.36. The third-order valence-electron chi connectivity index (χ3n) is 3.33. The molecule has 8 nitrogen and oxygen atoms in total. The summed E-state index contributed by atoms with van der Waals surface area (Å²) in [4.78, 5) is 35.2. The summed E-state index contributed by atoms with van der Waals surface area (Å²) in [5.74, 6) is -1.18. The van der Waals surface area contributed by atoms with Crippen molar-refractivity contribution < 1.29 is 24.0 Å². The minimum atomic E-state index is -0.583. The molecule has 2 rings (SSSR count). The lowest BCUT2D eigenvalue weighted by Gasteiger charge is -2.16. The lowest BCUT2D eigenvalue weighted by Crippen LogP contribution is -2.26. The van der Waals surface area contributed by atoms with Gasteiger partial charge < -0.3 is 14.4 Å². The van der Waals surface area contributed by atoms with Crippen LogP contribution in [0.15, 0.2) is 18.2 Å². The van der Waals surface area contributed by atoms with Gasteiger partial charge in [-0.2, -0.15) is 0 Å². The van der Waals surface area contributed by atoms with Crippen molar-refractivity contribution in [3.8, 4) is 5.75 Å². The molecular weight excluding hydrogens is 280 g/mol. The van der Waals surface area contributed by atoms with Crippen LogP contribution in [0.25, 0.3) is 0 Å². The van der Waals surface area contributed by atoms with Gasteiger partial charge in [-0.1, -0.05) is 0 Å². The second kappa shape index (κ2) is 5.78. The van der Waals surface area contributed by atoms with E-state index in [-0.39, 0.29) is 30.3 Å². The minimum absolute atomic E-state index is 0.0342. The van der Waals surface area contributed by atoms with Gasteiger partial charge in [-0.3, -0.25) is 19.7 Å². The summed E-state index contributed by atoms with van der Waals surface area (Å²) >= 11 is 0. The van der Waals surface area contributed by atoms with Gasteiger partial charge in [-0.25, -0.2) is 0 Å². The molecule has 1 aromatic carbocycles. The van der Waals surface area contributed by atoms with Gasteiger partial charge in [0.05, 0.1) is 30.7 Å². The number of carbonyl (C=O) groups excluding carboxylic acids is 2. The summed E-state index contributed by atoms with van der Waals surface area (Å²) < 4.78 is 9.53. The van der Waals surface area contributed by atoms with Crippen LogP contribution in [-0.2, 0) is 14.3 Å². The number of nitro benzene ring substituents is 1. The van der Waals surface area contributed by atoms with E-state index in [0.29, 0.717) is 5.69 Å². The van der Waals surface area contributed by atoms with E-state index < -0.39 is 16.8 Å². The first-order chi connectivity index (χ1) is 9.97. The lowest BCUT2D eigenvalue weighted by atomic mass is 10.1. The second-order valence-corrected chi connectivity index (χ2v) is 4.54. The standard InChI is InChI=1S/C13H14N2O6/c1-20-11-4-3-9(6-10(11)15(18)19)14-7-8(5-12(14)16)13(17)21-2/h3-4,6,8H,5,7H2,1-2H3/t8-/m1/s1. The van der Waals surface area contributed by atoms with Gasteiger partial charge in [0.15, 0.2) is 5.75 Å². The zero-order chi connectivity index (χ0) is 15.6. The molecule has 0 aromatic heterocycles. The van der Waals surface area contributed by atoms with Gasteiger partial charge in [0, 0.05) is 19.0 Å². The van der Waals surface area contributed by atoms with E-state index in [9.17, 15) is 19.7 Å². The molecule has 21 heavy (non-hydrogen) atoms. The Morgan fingerprint density at radius 3 is 2.71 bits per heavy atom. The molecule has 1 aliphatic heterocycles. The topological polar surface area (TPSA) is 99.0 Å². The van der Waals surface area contributed by atoms with Crippen LogP contribution in [0.2, 0.25) is 0 Å². The van der Waals surface area contributed by atoms with E-state index in [1.165, 1.54) is 31.3 Å². The Balaban J connectivity index is 2.30. The highest BCUT2D eigenvalue weighted by atomic mass is 16.6. The molecule has 112 valence electrons. The Morgan fingerprint density at radius 1 is 1.43 bits per heavy atom. The van der Waals surface area contributed by atoms with Gasteiger partial charge in [-0.05, 0) is 12.1 Å². The molecule has 1 atom stereocenters. The number of nitrogens with zero attached hydrogens (tertiary/aromatic N) is 2. The molecule has 8 heteroatoms. The van der Waals surface area contributed by atoms with Crippen molar-refractivity contribution >= 4 is 23.3 Å². The number of methoxy groups -OCH3 is 2. The molecule has 0 N–H and O–H groups in total.